The number of unbranched alkanes of at least 4 members (excludes halogenated alkanes) is 2. The van der Waals surface area contributed by atoms with E-state index in [0.717, 1.165) is 24.9 Å². The van der Waals surface area contributed by atoms with Crippen molar-refractivity contribution in [3.8, 4) is 0 Å². The van der Waals surface area contributed by atoms with Gasteiger partial charge in [0.05, 0.1) is 30.1 Å². The van der Waals surface area contributed by atoms with Crippen molar-refractivity contribution in [1.82, 2.24) is 9.80 Å². The zero-order chi connectivity index (χ0) is 28.4. The van der Waals surface area contributed by atoms with Crippen LogP contribution in [0.15, 0.2) is 55.6 Å². The van der Waals surface area contributed by atoms with E-state index < -0.39 is 35.1 Å². The number of likely N-dealkylation sites (tertiary alicyclic amines) is 1. The number of benzene rings is 1. The molecule has 8 heteroatoms. The summed E-state index contributed by atoms with van der Waals surface area (Å²) in [5.74, 6) is -2.29. The number of amides is 3. The van der Waals surface area contributed by atoms with Gasteiger partial charge in [0.25, 0.3) is 0 Å². The van der Waals surface area contributed by atoms with Gasteiger partial charge in [-0.15, -0.1) is 13.2 Å². The van der Waals surface area contributed by atoms with Gasteiger partial charge in [-0.25, -0.2) is 0 Å². The second-order valence-electron chi connectivity index (χ2n) is 11.4. The summed E-state index contributed by atoms with van der Waals surface area (Å²) in [6.45, 7) is 14.3. The van der Waals surface area contributed by atoms with Gasteiger partial charge in [0.1, 0.15) is 11.6 Å². The molecule has 39 heavy (non-hydrogen) atoms. The summed E-state index contributed by atoms with van der Waals surface area (Å²) in [7, 11) is 0. The average molecular weight is 538 g/mol. The van der Waals surface area contributed by atoms with Crippen LogP contribution in [0.1, 0.15) is 52.9 Å². The Balaban J connectivity index is 1.77. The number of nitrogens with zero attached hydrogens (tertiary/aromatic N) is 3. The predicted octanol–water partition coefficient (Wildman–Crippen LogP) is 3.56. The lowest BCUT2D eigenvalue weighted by Gasteiger charge is -2.38. The smallest absolute Gasteiger partial charge is 0.248 e. The zero-order valence-corrected chi connectivity index (χ0v) is 23.6. The van der Waals surface area contributed by atoms with Gasteiger partial charge in [-0.2, -0.15) is 0 Å². The van der Waals surface area contributed by atoms with Crippen molar-refractivity contribution < 1.29 is 24.2 Å². The number of anilines is 1. The molecule has 3 aliphatic rings. The molecule has 3 fully saturated rings. The van der Waals surface area contributed by atoms with Crippen LogP contribution in [0.25, 0.3) is 0 Å². The number of fused-ring (bicyclic) bond motifs is 1. The van der Waals surface area contributed by atoms with Gasteiger partial charge in [0.15, 0.2) is 0 Å². The molecule has 2 bridgehead atoms. The lowest BCUT2D eigenvalue weighted by atomic mass is 9.66. The van der Waals surface area contributed by atoms with Crippen LogP contribution in [-0.4, -0.2) is 82.2 Å². The van der Waals surface area contributed by atoms with E-state index in [-0.39, 0.29) is 30.9 Å². The summed E-state index contributed by atoms with van der Waals surface area (Å²) in [6.07, 6.45) is 7.28. The third-order valence-electron chi connectivity index (χ3n) is 8.79. The SMILES string of the molecule is C=CCN(CCCCC)C(=O)C1N([C@H](C)CO)C(=O)[C@@H]2[C@@H](C(=O)N(CC=C)c3ccccc3)[C@@]3(C)CCC12O3. The van der Waals surface area contributed by atoms with E-state index in [1.165, 1.54) is 4.90 Å². The summed E-state index contributed by atoms with van der Waals surface area (Å²) in [6, 6.07) is 7.83. The fourth-order valence-electron chi connectivity index (χ4n) is 6.98. The van der Waals surface area contributed by atoms with E-state index in [2.05, 4.69) is 20.1 Å². The van der Waals surface area contributed by atoms with E-state index in [1.54, 1.807) is 28.9 Å². The highest BCUT2D eigenvalue weighted by Gasteiger charge is 2.78. The van der Waals surface area contributed by atoms with E-state index in [1.807, 2.05) is 37.3 Å². The van der Waals surface area contributed by atoms with Crippen LogP contribution in [0.3, 0.4) is 0 Å². The van der Waals surface area contributed by atoms with Gasteiger partial charge in [-0.05, 0) is 45.2 Å². The van der Waals surface area contributed by atoms with Crippen LogP contribution in [0.5, 0.6) is 0 Å². The van der Waals surface area contributed by atoms with E-state index in [0.29, 0.717) is 25.9 Å². The number of carbonyl (C=O) groups excluding carboxylic acids is 3. The Kier molecular flexibility index (Phi) is 8.66. The minimum Gasteiger partial charge on any atom is -0.394 e. The van der Waals surface area contributed by atoms with Crippen LogP contribution in [-0.2, 0) is 19.1 Å². The first-order valence-corrected chi connectivity index (χ1v) is 14.2. The quantitative estimate of drug-likeness (QED) is 0.307. The number of carbonyl (C=O) groups is 3. The fraction of sp³-hybridized carbons (Fsp3) is 0.581. The molecule has 3 aliphatic heterocycles. The molecule has 2 unspecified atom stereocenters. The number of hydrogen-bond donors (Lipinski definition) is 1. The summed E-state index contributed by atoms with van der Waals surface area (Å²) in [5.41, 5.74) is -1.30. The number of hydrogen-bond acceptors (Lipinski definition) is 5. The van der Waals surface area contributed by atoms with Crippen molar-refractivity contribution in [2.75, 3.05) is 31.1 Å². The third kappa shape index (κ3) is 4.82. The number of aliphatic hydroxyl groups is 1. The average Bonchev–Trinajstić information content (AvgIpc) is 3.51. The van der Waals surface area contributed by atoms with Crippen molar-refractivity contribution in [1.29, 1.82) is 0 Å². The summed E-state index contributed by atoms with van der Waals surface area (Å²) in [4.78, 5) is 47.8. The summed E-state index contributed by atoms with van der Waals surface area (Å²) < 4.78 is 6.76. The topological polar surface area (TPSA) is 90.4 Å². The standard InChI is InChI=1S/C31H43N3O5/c1-6-9-13-20-32(18-7-2)29(38)26-31-17-16-30(5,39-31)24(25(31)28(37)34(26)22(4)21-35)27(36)33(19-8-3)23-14-11-10-12-15-23/h7-8,10-12,14-15,22,24-26,35H,2-3,6,9,13,16-21H2,1,4-5H3/t22-,24+,25+,26?,30-,31?/m1/s1. The fourth-order valence-corrected chi connectivity index (χ4v) is 6.98. The number of ether oxygens (including phenoxy) is 1. The van der Waals surface area contributed by atoms with Gasteiger partial charge >= 0.3 is 0 Å². The molecule has 3 amide bonds. The molecule has 6 atom stereocenters. The first-order chi connectivity index (χ1) is 18.7. The van der Waals surface area contributed by atoms with E-state index in [4.69, 9.17) is 4.74 Å². The minimum atomic E-state index is -1.13. The first kappa shape index (κ1) is 29.0. The molecule has 1 N–H and O–H groups in total. The normalized spacial score (nSPS) is 29.7. The zero-order valence-electron chi connectivity index (χ0n) is 23.6. The van der Waals surface area contributed by atoms with Crippen LogP contribution in [0.4, 0.5) is 5.69 Å². The van der Waals surface area contributed by atoms with Crippen molar-refractivity contribution in [2.45, 2.75) is 76.2 Å². The Morgan fingerprint density at radius 1 is 1.15 bits per heavy atom. The molecule has 1 spiro atoms. The molecule has 3 saturated heterocycles. The van der Waals surface area contributed by atoms with Crippen molar-refractivity contribution in [2.24, 2.45) is 11.8 Å². The largest absolute Gasteiger partial charge is 0.394 e. The highest BCUT2D eigenvalue weighted by Crippen LogP contribution is 2.64. The molecule has 0 aromatic heterocycles. The number of aliphatic hydroxyl groups excluding tert-OH is 1. The van der Waals surface area contributed by atoms with Gasteiger partial charge in [-0.3, -0.25) is 14.4 Å². The Morgan fingerprint density at radius 2 is 1.85 bits per heavy atom. The lowest BCUT2D eigenvalue weighted by Crippen LogP contribution is -2.58. The third-order valence-corrected chi connectivity index (χ3v) is 8.79. The molecule has 0 radical (unpaired) electrons. The van der Waals surface area contributed by atoms with Crippen molar-refractivity contribution in [3.63, 3.8) is 0 Å². The highest BCUT2D eigenvalue weighted by molar-refractivity contribution is 6.03. The molecular formula is C31H43N3O5. The molecule has 1 aromatic rings. The lowest BCUT2D eigenvalue weighted by molar-refractivity contribution is -0.154. The summed E-state index contributed by atoms with van der Waals surface area (Å²) >= 11 is 0. The summed E-state index contributed by atoms with van der Waals surface area (Å²) in [5, 5.41) is 10.1. The molecule has 212 valence electrons. The van der Waals surface area contributed by atoms with E-state index >= 15 is 0 Å². The van der Waals surface area contributed by atoms with Crippen molar-refractivity contribution >= 4 is 23.4 Å². The number of para-hydroxylation sites is 1. The maximum Gasteiger partial charge on any atom is 0.248 e. The maximum atomic E-state index is 14.3. The molecule has 1 aromatic carbocycles. The highest BCUT2D eigenvalue weighted by atomic mass is 16.5. The molecule has 0 aliphatic carbocycles. The van der Waals surface area contributed by atoms with Gasteiger partial charge in [0, 0.05) is 25.3 Å². The monoisotopic (exact) mass is 537 g/mol. The molecule has 3 heterocycles. The Hall–Kier alpha value is -2.97. The molecule has 0 saturated carbocycles. The van der Waals surface area contributed by atoms with Gasteiger partial charge in [-0.1, -0.05) is 50.1 Å². The van der Waals surface area contributed by atoms with Gasteiger partial charge in [0.2, 0.25) is 17.7 Å². The predicted molar refractivity (Wildman–Crippen MR) is 151 cm³/mol. The Labute approximate surface area is 232 Å². The minimum absolute atomic E-state index is 0.203. The van der Waals surface area contributed by atoms with Gasteiger partial charge < -0.3 is 24.5 Å². The van der Waals surface area contributed by atoms with Crippen molar-refractivity contribution in [3.05, 3.63) is 55.6 Å². The van der Waals surface area contributed by atoms with Crippen LogP contribution < -0.4 is 4.90 Å². The maximum absolute atomic E-state index is 14.3. The first-order valence-electron chi connectivity index (χ1n) is 14.2. The Morgan fingerprint density at radius 3 is 2.46 bits per heavy atom. The van der Waals surface area contributed by atoms with Crippen LogP contribution in [0, 0.1) is 11.8 Å². The second kappa shape index (κ2) is 11.6. The number of rotatable bonds is 13. The molecule has 8 nitrogen and oxygen atoms in total. The van der Waals surface area contributed by atoms with Crippen LogP contribution in [0.2, 0.25) is 0 Å². The Bertz CT molecular complexity index is 1090. The van der Waals surface area contributed by atoms with E-state index in [9.17, 15) is 19.5 Å². The van der Waals surface area contributed by atoms with Crippen LogP contribution >= 0.6 is 0 Å². The second-order valence-corrected chi connectivity index (χ2v) is 11.4. The molecular weight excluding hydrogens is 494 g/mol. The molecule has 4 rings (SSSR count).